The van der Waals surface area contributed by atoms with Gasteiger partial charge in [0, 0.05) is 6.54 Å². The highest BCUT2D eigenvalue weighted by atomic mass is 16.5. The molecule has 3 unspecified atom stereocenters. The Morgan fingerprint density at radius 3 is 2.71 bits per heavy atom. The first-order valence-corrected chi connectivity index (χ1v) is 7.87. The maximum absolute atomic E-state index is 5.46. The van der Waals surface area contributed by atoms with Gasteiger partial charge in [0.25, 0.3) is 0 Å². The minimum atomic E-state index is 0.315. The van der Waals surface area contributed by atoms with E-state index in [0.29, 0.717) is 24.5 Å². The number of hydrogen-bond donors (Lipinski definition) is 3. The molecule has 2 fully saturated rings. The van der Waals surface area contributed by atoms with Crippen molar-refractivity contribution in [1.29, 1.82) is 0 Å². The number of aromatic nitrogens is 3. The van der Waals surface area contributed by atoms with Crippen molar-refractivity contribution in [3.63, 3.8) is 0 Å². The van der Waals surface area contributed by atoms with E-state index in [-0.39, 0.29) is 0 Å². The van der Waals surface area contributed by atoms with E-state index >= 15 is 0 Å². The lowest BCUT2D eigenvalue weighted by Gasteiger charge is -2.21. The Hall–Kier alpha value is -1.63. The van der Waals surface area contributed by atoms with E-state index in [1.165, 1.54) is 25.7 Å². The second-order valence-corrected chi connectivity index (χ2v) is 6.07. The standard InChI is InChI=1S/C14H24N6O/c1-2-5-21-14-18-12(17-13(19-14)20-15)16-8-11-7-9-3-4-10(11)6-9/h9-11H,2-8,15H2,1H3,(H2,16,17,18,19,20). The predicted octanol–water partition coefficient (Wildman–Crippen LogP) is 1.79. The van der Waals surface area contributed by atoms with Gasteiger partial charge in [-0.1, -0.05) is 13.3 Å². The van der Waals surface area contributed by atoms with Crippen LogP contribution in [0.15, 0.2) is 0 Å². The molecule has 116 valence electrons. The summed E-state index contributed by atoms with van der Waals surface area (Å²) < 4.78 is 5.46. The summed E-state index contributed by atoms with van der Waals surface area (Å²) >= 11 is 0. The summed E-state index contributed by atoms with van der Waals surface area (Å²) in [6.07, 6.45) is 6.46. The third-order valence-corrected chi connectivity index (χ3v) is 4.59. The largest absolute Gasteiger partial charge is 0.463 e. The Balaban J connectivity index is 1.61. The molecule has 0 radical (unpaired) electrons. The Morgan fingerprint density at radius 1 is 1.19 bits per heavy atom. The Morgan fingerprint density at radius 2 is 2.05 bits per heavy atom. The third-order valence-electron chi connectivity index (χ3n) is 4.59. The van der Waals surface area contributed by atoms with Gasteiger partial charge in [-0.15, -0.1) is 0 Å². The molecule has 1 heterocycles. The van der Waals surface area contributed by atoms with Gasteiger partial charge < -0.3 is 10.1 Å². The quantitative estimate of drug-likeness (QED) is 0.520. The number of hydrazine groups is 1. The Labute approximate surface area is 125 Å². The number of rotatable bonds is 7. The molecule has 2 bridgehead atoms. The summed E-state index contributed by atoms with van der Waals surface area (Å²) in [5, 5.41) is 3.33. The van der Waals surface area contributed by atoms with Crippen LogP contribution in [0.3, 0.4) is 0 Å². The SMILES string of the molecule is CCCOc1nc(NN)nc(NCC2CC3CCC2C3)n1. The number of nitrogen functional groups attached to an aromatic ring is 1. The number of nitrogens with two attached hydrogens (primary N) is 1. The molecule has 0 spiro atoms. The first-order valence-electron chi connectivity index (χ1n) is 7.87. The molecule has 2 aliphatic rings. The lowest BCUT2D eigenvalue weighted by Crippen LogP contribution is -2.22. The van der Waals surface area contributed by atoms with Crippen LogP contribution in [0.5, 0.6) is 6.01 Å². The lowest BCUT2D eigenvalue weighted by atomic mass is 9.89. The number of ether oxygens (including phenoxy) is 1. The van der Waals surface area contributed by atoms with Crippen LogP contribution >= 0.6 is 0 Å². The van der Waals surface area contributed by atoms with Crippen LogP contribution in [-0.2, 0) is 0 Å². The summed E-state index contributed by atoms with van der Waals surface area (Å²) in [5.74, 6) is 8.83. The number of fused-ring (bicyclic) bond motifs is 2. The summed E-state index contributed by atoms with van der Waals surface area (Å²) in [5.41, 5.74) is 2.46. The fourth-order valence-electron chi connectivity index (χ4n) is 3.61. The molecule has 0 aromatic carbocycles. The van der Waals surface area contributed by atoms with Crippen LogP contribution in [0, 0.1) is 17.8 Å². The average molecular weight is 292 g/mol. The van der Waals surface area contributed by atoms with Gasteiger partial charge in [-0.3, -0.25) is 5.43 Å². The first-order chi connectivity index (χ1) is 10.3. The summed E-state index contributed by atoms with van der Waals surface area (Å²) in [7, 11) is 0. The summed E-state index contributed by atoms with van der Waals surface area (Å²) in [4.78, 5) is 12.6. The van der Waals surface area contributed by atoms with E-state index in [1.54, 1.807) is 0 Å². The van der Waals surface area contributed by atoms with Crippen molar-refractivity contribution in [2.75, 3.05) is 23.9 Å². The van der Waals surface area contributed by atoms with Gasteiger partial charge in [0.15, 0.2) is 0 Å². The van der Waals surface area contributed by atoms with Crippen molar-refractivity contribution in [2.45, 2.75) is 39.0 Å². The highest BCUT2D eigenvalue weighted by Gasteiger charge is 2.39. The van der Waals surface area contributed by atoms with Crippen molar-refractivity contribution < 1.29 is 4.74 Å². The van der Waals surface area contributed by atoms with Crippen molar-refractivity contribution in [2.24, 2.45) is 23.6 Å². The number of hydrogen-bond acceptors (Lipinski definition) is 7. The molecule has 2 aliphatic carbocycles. The molecule has 21 heavy (non-hydrogen) atoms. The fraction of sp³-hybridized carbons (Fsp3) is 0.786. The van der Waals surface area contributed by atoms with Gasteiger partial charge in [-0.05, 0) is 43.4 Å². The average Bonchev–Trinajstić information content (AvgIpc) is 3.13. The van der Waals surface area contributed by atoms with Gasteiger partial charge in [0.05, 0.1) is 6.61 Å². The molecular weight excluding hydrogens is 268 g/mol. The van der Waals surface area contributed by atoms with E-state index in [2.05, 4.69) is 25.7 Å². The molecule has 0 saturated heterocycles. The number of nitrogens with zero attached hydrogens (tertiary/aromatic N) is 3. The normalized spacial score (nSPS) is 26.9. The highest BCUT2D eigenvalue weighted by molar-refractivity contribution is 5.35. The molecule has 1 aromatic heterocycles. The zero-order valence-corrected chi connectivity index (χ0v) is 12.5. The van der Waals surface area contributed by atoms with Crippen LogP contribution in [0.1, 0.15) is 39.0 Å². The minimum Gasteiger partial charge on any atom is -0.463 e. The molecule has 0 aliphatic heterocycles. The maximum atomic E-state index is 5.46. The molecule has 3 atom stereocenters. The van der Waals surface area contributed by atoms with Crippen molar-refractivity contribution in [1.82, 2.24) is 15.0 Å². The second kappa shape index (κ2) is 6.43. The van der Waals surface area contributed by atoms with Crippen molar-refractivity contribution in [3.8, 4) is 6.01 Å². The molecule has 4 N–H and O–H groups in total. The van der Waals surface area contributed by atoms with Crippen LogP contribution in [-0.4, -0.2) is 28.1 Å². The fourth-order valence-corrected chi connectivity index (χ4v) is 3.61. The first kappa shape index (κ1) is 14.3. The summed E-state index contributed by atoms with van der Waals surface area (Å²) in [6, 6.07) is 0.315. The molecule has 7 heteroatoms. The third kappa shape index (κ3) is 3.34. The minimum absolute atomic E-state index is 0.315. The Bertz CT molecular complexity index is 483. The number of nitrogens with one attached hydrogen (secondary N) is 2. The molecule has 1 aromatic rings. The smallest absolute Gasteiger partial charge is 0.323 e. The highest BCUT2D eigenvalue weighted by Crippen LogP contribution is 2.48. The second-order valence-electron chi connectivity index (χ2n) is 6.07. The Kier molecular flexibility index (Phi) is 4.38. The molecule has 7 nitrogen and oxygen atoms in total. The lowest BCUT2D eigenvalue weighted by molar-refractivity contribution is 0.292. The van der Waals surface area contributed by atoms with E-state index in [4.69, 9.17) is 10.6 Å². The number of anilines is 2. The molecule has 3 rings (SSSR count). The van der Waals surface area contributed by atoms with Gasteiger partial charge in [0.1, 0.15) is 0 Å². The van der Waals surface area contributed by atoms with Crippen LogP contribution < -0.4 is 21.3 Å². The van der Waals surface area contributed by atoms with Crippen LogP contribution in [0.2, 0.25) is 0 Å². The van der Waals surface area contributed by atoms with E-state index in [1.807, 2.05) is 6.92 Å². The molecule has 0 amide bonds. The zero-order valence-electron chi connectivity index (χ0n) is 12.5. The van der Waals surface area contributed by atoms with E-state index in [0.717, 1.165) is 30.7 Å². The topological polar surface area (TPSA) is 98.0 Å². The van der Waals surface area contributed by atoms with Gasteiger partial charge in [-0.25, -0.2) is 5.84 Å². The van der Waals surface area contributed by atoms with E-state index < -0.39 is 0 Å². The zero-order chi connectivity index (χ0) is 14.7. The van der Waals surface area contributed by atoms with Crippen molar-refractivity contribution >= 4 is 11.9 Å². The van der Waals surface area contributed by atoms with Crippen molar-refractivity contribution in [3.05, 3.63) is 0 Å². The van der Waals surface area contributed by atoms with Gasteiger partial charge in [0.2, 0.25) is 11.9 Å². The monoisotopic (exact) mass is 292 g/mol. The van der Waals surface area contributed by atoms with Gasteiger partial charge in [-0.2, -0.15) is 15.0 Å². The van der Waals surface area contributed by atoms with Gasteiger partial charge >= 0.3 is 6.01 Å². The van der Waals surface area contributed by atoms with Crippen LogP contribution in [0.25, 0.3) is 0 Å². The van der Waals surface area contributed by atoms with Crippen LogP contribution in [0.4, 0.5) is 11.9 Å². The predicted molar refractivity (Wildman–Crippen MR) is 80.9 cm³/mol. The maximum Gasteiger partial charge on any atom is 0.323 e. The summed E-state index contributed by atoms with van der Waals surface area (Å²) in [6.45, 7) is 3.54. The van der Waals surface area contributed by atoms with E-state index in [9.17, 15) is 0 Å². The molecular formula is C14H24N6O. The molecule has 2 saturated carbocycles.